The fourth-order valence-electron chi connectivity index (χ4n) is 2.34. The Morgan fingerprint density at radius 2 is 2.20 bits per heavy atom. The Morgan fingerprint density at radius 1 is 1.45 bits per heavy atom. The molecule has 0 bridgehead atoms. The van der Waals surface area contributed by atoms with E-state index in [1.54, 1.807) is 7.11 Å². The molecule has 1 aromatic heterocycles. The minimum absolute atomic E-state index is 0.164. The quantitative estimate of drug-likeness (QED) is 0.921. The molecular weight excluding hydrogens is 274 g/mol. The van der Waals surface area contributed by atoms with Gasteiger partial charge in [-0.2, -0.15) is 5.10 Å². The maximum absolute atomic E-state index is 6.33. The van der Waals surface area contributed by atoms with Crippen LogP contribution in [0.3, 0.4) is 0 Å². The minimum atomic E-state index is 0.164. The average Bonchev–Trinajstić information content (AvgIpc) is 2.70. The molecule has 5 heteroatoms. The average molecular weight is 294 g/mol. The zero-order valence-corrected chi connectivity index (χ0v) is 13.0. The molecule has 1 unspecified atom stereocenters. The van der Waals surface area contributed by atoms with Crippen LogP contribution in [0, 0.1) is 6.92 Å². The summed E-state index contributed by atoms with van der Waals surface area (Å²) in [6, 6.07) is 8.22. The van der Waals surface area contributed by atoms with Crippen molar-refractivity contribution >= 4 is 11.6 Å². The fourth-order valence-corrected chi connectivity index (χ4v) is 2.58. The summed E-state index contributed by atoms with van der Waals surface area (Å²) >= 11 is 6.33. The van der Waals surface area contributed by atoms with Gasteiger partial charge in [-0.15, -0.1) is 0 Å². The predicted octanol–water partition coefficient (Wildman–Crippen LogP) is 2.89. The second-order valence-corrected chi connectivity index (χ2v) is 5.17. The molecule has 1 aromatic carbocycles. The Labute approximate surface area is 124 Å². The molecule has 0 aliphatic rings. The van der Waals surface area contributed by atoms with Gasteiger partial charge in [-0.3, -0.25) is 4.68 Å². The van der Waals surface area contributed by atoms with Crippen LogP contribution in [0.15, 0.2) is 24.3 Å². The van der Waals surface area contributed by atoms with Gasteiger partial charge in [0, 0.05) is 19.5 Å². The molecule has 2 rings (SSSR count). The summed E-state index contributed by atoms with van der Waals surface area (Å²) in [7, 11) is 5.54. The molecule has 108 valence electrons. The summed E-state index contributed by atoms with van der Waals surface area (Å²) in [4.78, 5) is 0. The summed E-state index contributed by atoms with van der Waals surface area (Å²) in [5.41, 5.74) is 3.07. The number of ether oxygens (including phenoxy) is 1. The number of hydrogen-bond donors (Lipinski definition) is 1. The van der Waals surface area contributed by atoms with Gasteiger partial charge < -0.3 is 10.1 Å². The van der Waals surface area contributed by atoms with Crippen LogP contribution in [0.2, 0.25) is 5.02 Å². The summed E-state index contributed by atoms with van der Waals surface area (Å²) in [5.74, 6) is 0.857. The number of aromatic nitrogens is 2. The van der Waals surface area contributed by atoms with E-state index in [0.717, 1.165) is 28.6 Å². The van der Waals surface area contributed by atoms with E-state index < -0.39 is 0 Å². The molecule has 0 saturated heterocycles. The lowest BCUT2D eigenvalue weighted by molar-refractivity contribution is 0.413. The molecule has 1 heterocycles. The van der Waals surface area contributed by atoms with Crippen molar-refractivity contribution in [1.29, 1.82) is 0 Å². The van der Waals surface area contributed by atoms with Crippen LogP contribution in [-0.4, -0.2) is 23.9 Å². The summed E-state index contributed by atoms with van der Waals surface area (Å²) in [6.45, 7) is 1.92. The van der Waals surface area contributed by atoms with Crippen molar-refractivity contribution in [3.8, 4) is 5.75 Å². The first-order valence-electron chi connectivity index (χ1n) is 6.56. The van der Waals surface area contributed by atoms with E-state index in [9.17, 15) is 0 Å². The molecule has 0 fully saturated rings. The molecular formula is C15H20ClN3O. The van der Waals surface area contributed by atoms with Crippen LogP contribution in [0.1, 0.15) is 23.0 Å². The van der Waals surface area contributed by atoms with Gasteiger partial charge in [0.15, 0.2) is 0 Å². The van der Waals surface area contributed by atoms with Crippen molar-refractivity contribution in [1.82, 2.24) is 15.1 Å². The number of aryl methyl sites for hydroxylation is 2. The van der Waals surface area contributed by atoms with E-state index in [1.165, 1.54) is 5.56 Å². The van der Waals surface area contributed by atoms with Gasteiger partial charge in [-0.1, -0.05) is 23.7 Å². The zero-order chi connectivity index (χ0) is 14.7. The molecule has 0 spiro atoms. The Morgan fingerprint density at radius 3 is 2.75 bits per heavy atom. The highest BCUT2D eigenvalue weighted by atomic mass is 35.5. The molecule has 0 aliphatic heterocycles. The zero-order valence-electron chi connectivity index (χ0n) is 12.3. The Hall–Kier alpha value is -1.52. The van der Waals surface area contributed by atoms with E-state index in [2.05, 4.69) is 16.5 Å². The lowest BCUT2D eigenvalue weighted by atomic mass is 10.0. The van der Waals surface area contributed by atoms with Crippen molar-refractivity contribution in [3.05, 3.63) is 46.2 Å². The number of halogens is 1. The molecule has 0 radical (unpaired) electrons. The summed E-state index contributed by atoms with van der Waals surface area (Å²) in [6.07, 6.45) is 0.778. The monoisotopic (exact) mass is 293 g/mol. The number of benzene rings is 1. The first-order valence-corrected chi connectivity index (χ1v) is 6.93. The van der Waals surface area contributed by atoms with Crippen LogP contribution >= 0.6 is 11.6 Å². The number of rotatable bonds is 5. The predicted molar refractivity (Wildman–Crippen MR) is 81.5 cm³/mol. The molecule has 0 aliphatic carbocycles. The smallest absolute Gasteiger partial charge is 0.119 e. The highest BCUT2D eigenvalue weighted by Gasteiger charge is 2.17. The number of nitrogens with zero attached hydrogens (tertiary/aromatic N) is 2. The highest BCUT2D eigenvalue weighted by molar-refractivity contribution is 6.31. The third-order valence-electron chi connectivity index (χ3n) is 3.50. The number of methoxy groups -OCH3 is 1. The van der Waals surface area contributed by atoms with Gasteiger partial charge in [0.05, 0.1) is 23.5 Å². The molecule has 2 aromatic rings. The van der Waals surface area contributed by atoms with Gasteiger partial charge in [-0.25, -0.2) is 0 Å². The van der Waals surface area contributed by atoms with Crippen LogP contribution in [0.4, 0.5) is 0 Å². The lowest BCUT2D eigenvalue weighted by Gasteiger charge is -2.17. The van der Waals surface area contributed by atoms with Gasteiger partial charge in [0.1, 0.15) is 5.75 Å². The van der Waals surface area contributed by atoms with Crippen molar-refractivity contribution < 1.29 is 4.74 Å². The van der Waals surface area contributed by atoms with Crippen molar-refractivity contribution in [2.24, 2.45) is 7.05 Å². The maximum atomic E-state index is 6.33. The highest BCUT2D eigenvalue weighted by Crippen LogP contribution is 2.27. The van der Waals surface area contributed by atoms with Crippen molar-refractivity contribution in [2.75, 3.05) is 14.2 Å². The molecule has 4 nitrogen and oxygen atoms in total. The van der Waals surface area contributed by atoms with E-state index in [4.69, 9.17) is 16.3 Å². The third-order valence-corrected chi connectivity index (χ3v) is 4.00. The van der Waals surface area contributed by atoms with Crippen LogP contribution in [0.5, 0.6) is 5.75 Å². The SMILES string of the molecule is CNC(Cc1c(Cl)c(C)nn1C)c1cccc(OC)c1. The second kappa shape index (κ2) is 6.29. The molecule has 1 N–H and O–H groups in total. The Bertz CT molecular complexity index is 595. The largest absolute Gasteiger partial charge is 0.497 e. The number of hydrogen-bond acceptors (Lipinski definition) is 3. The normalized spacial score (nSPS) is 12.4. The van der Waals surface area contributed by atoms with E-state index in [0.29, 0.717) is 0 Å². The van der Waals surface area contributed by atoms with Crippen LogP contribution in [-0.2, 0) is 13.5 Å². The van der Waals surface area contributed by atoms with Gasteiger partial charge in [0.25, 0.3) is 0 Å². The number of likely N-dealkylation sites (N-methyl/N-ethyl adjacent to an activating group) is 1. The molecule has 20 heavy (non-hydrogen) atoms. The first kappa shape index (κ1) is 14.9. The van der Waals surface area contributed by atoms with Gasteiger partial charge in [-0.05, 0) is 31.7 Å². The lowest BCUT2D eigenvalue weighted by Crippen LogP contribution is -2.20. The maximum Gasteiger partial charge on any atom is 0.119 e. The molecule has 0 amide bonds. The van der Waals surface area contributed by atoms with Gasteiger partial charge in [0.2, 0.25) is 0 Å². The van der Waals surface area contributed by atoms with E-state index in [1.807, 2.05) is 43.9 Å². The molecule has 1 atom stereocenters. The minimum Gasteiger partial charge on any atom is -0.497 e. The van der Waals surface area contributed by atoms with Crippen LogP contribution < -0.4 is 10.1 Å². The first-order chi connectivity index (χ1) is 9.56. The standard InChI is InChI=1S/C15H20ClN3O/c1-10-15(16)14(19(3)18-10)9-13(17-2)11-6-5-7-12(8-11)20-4/h5-8,13,17H,9H2,1-4H3. The summed E-state index contributed by atoms with van der Waals surface area (Å²) in [5, 5.41) is 8.43. The molecule has 0 saturated carbocycles. The van der Waals surface area contributed by atoms with E-state index >= 15 is 0 Å². The second-order valence-electron chi connectivity index (χ2n) is 4.79. The Balaban J connectivity index is 2.28. The van der Waals surface area contributed by atoms with Crippen molar-refractivity contribution in [2.45, 2.75) is 19.4 Å². The summed E-state index contributed by atoms with van der Waals surface area (Å²) < 4.78 is 7.13. The van der Waals surface area contributed by atoms with Gasteiger partial charge >= 0.3 is 0 Å². The third kappa shape index (κ3) is 2.97. The van der Waals surface area contributed by atoms with Crippen molar-refractivity contribution in [3.63, 3.8) is 0 Å². The Kier molecular flexibility index (Phi) is 4.68. The number of nitrogens with one attached hydrogen (secondary N) is 1. The van der Waals surface area contributed by atoms with E-state index in [-0.39, 0.29) is 6.04 Å². The van der Waals surface area contributed by atoms with Crippen LogP contribution in [0.25, 0.3) is 0 Å². The fraction of sp³-hybridized carbons (Fsp3) is 0.400. The topological polar surface area (TPSA) is 39.1 Å².